The number of amides is 1. The number of piperazine rings is 1. The molecule has 22 heavy (non-hydrogen) atoms. The Hall–Kier alpha value is 0.0200. The van der Waals surface area contributed by atoms with Gasteiger partial charge in [-0.1, -0.05) is 34.8 Å². The van der Waals surface area contributed by atoms with Crippen LogP contribution in [0.15, 0.2) is 0 Å². The van der Waals surface area contributed by atoms with Crippen LogP contribution in [0, 0.1) is 0 Å². The Morgan fingerprint density at radius 1 is 1.36 bits per heavy atom. The van der Waals surface area contributed by atoms with E-state index in [0.29, 0.717) is 19.7 Å². The third kappa shape index (κ3) is 5.58. The van der Waals surface area contributed by atoms with Crippen molar-refractivity contribution in [3.05, 3.63) is 0 Å². The number of halogens is 3. The largest absolute Gasteiger partial charge is 0.447 e. The van der Waals surface area contributed by atoms with Crippen LogP contribution in [0.5, 0.6) is 0 Å². The summed E-state index contributed by atoms with van der Waals surface area (Å²) in [6.45, 7) is 4.06. The van der Waals surface area contributed by atoms with Crippen molar-refractivity contribution in [3.8, 4) is 0 Å². The molecule has 2 fully saturated rings. The standard InChI is InChI=1S/C13H22Cl3N3O3/c1-18-4-6-19(7-5-18)11(13(14,15)16)17-12(20)22-9-10-3-2-8-21-10/h10-11H,2-9H2,1H3,(H,17,20)/t10-,11+/m0/s1. The van der Waals surface area contributed by atoms with Gasteiger partial charge in [-0.2, -0.15) is 0 Å². The Kier molecular flexibility index (Phi) is 6.86. The van der Waals surface area contributed by atoms with Gasteiger partial charge in [0.2, 0.25) is 3.79 Å². The van der Waals surface area contributed by atoms with Gasteiger partial charge in [0.05, 0.1) is 6.10 Å². The van der Waals surface area contributed by atoms with Crippen molar-refractivity contribution in [2.45, 2.75) is 28.9 Å². The smallest absolute Gasteiger partial charge is 0.408 e. The number of carbonyl (C=O) groups excluding carboxylic acids is 1. The van der Waals surface area contributed by atoms with Gasteiger partial charge >= 0.3 is 6.09 Å². The van der Waals surface area contributed by atoms with Crippen molar-refractivity contribution in [2.24, 2.45) is 0 Å². The van der Waals surface area contributed by atoms with Gasteiger partial charge in [-0.3, -0.25) is 4.90 Å². The molecule has 1 amide bonds. The lowest BCUT2D eigenvalue weighted by Crippen LogP contribution is -2.60. The molecular formula is C13H22Cl3N3O3. The number of ether oxygens (including phenoxy) is 2. The van der Waals surface area contributed by atoms with Crippen molar-refractivity contribution in [3.63, 3.8) is 0 Å². The summed E-state index contributed by atoms with van der Waals surface area (Å²) in [7, 11) is 2.03. The zero-order valence-corrected chi connectivity index (χ0v) is 14.8. The van der Waals surface area contributed by atoms with Crippen LogP contribution < -0.4 is 5.32 Å². The lowest BCUT2D eigenvalue weighted by Gasteiger charge is -2.40. The maximum absolute atomic E-state index is 12.0. The summed E-state index contributed by atoms with van der Waals surface area (Å²) in [6, 6.07) is 0. The van der Waals surface area contributed by atoms with Crippen molar-refractivity contribution < 1.29 is 14.3 Å². The van der Waals surface area contributed by atoms with Crippen LogP contribution in [0.25, 0.3) is 0 Å². The fourth-order valence-electron chi connectivity index (χ4n) is 2.56. The van der Waals surface area contributed by atoms with E-state index in [2.05, 4.69) is 10.2 Å². The van der Waals surface area contributed by atoms with E-state index in [1.165, 1.54) is 0 Å². The van der Waals surface area contributed by atoms with Gasteiger partial charge < -0.3 is 19.7 Å². The molecule has 0 aromatic carbocycles. The Bertz CT molecular complexity index is 367. The first-order chi connectivity index (χ1) is 10.4. The number of alkyl halides is 3. The minimum absolute atomic E-state index is 0.0272. The first-order valence-corrected chi connectivity index (χ1v) is 8.54. The number of hydrogen-bond donors (Lipinski definition) is 1. The van der Waals surface area contributed by atoms with E-state index < -0.39 is 16.1 Å². The summed E-state index contributed by atoms with van der Waals surface area (Å²) in [5, 5.41) is 2.66. The van der Waals surface area contributed by atoms with Gasteiger partial charge in [0.25, 0.3) is 0 Å². The molecule has 1 N–H and O–H groups in total. The number of nitrogens with one attached hydrogen (secondary N) is 1. The molecule has 0 aromatic rings. The Balaban J connectivity index is 1.84. The molecule has 0 radical (unpaired) electrons. The van der Waals surface area contributed by atoms with Gasteiger partial charge in [0.15, 0.2) is 0 Å². The monoisotopic (exact) mass is 373 g/mol. The average Bonchev–Trinajstić information content (AvgIpc) is 2.96. The van der Waals surface area contributed by atoms with E-state index in [1.54, 1.807) is 0 Å². The summed E-state index contributed by atoms with van der Waals surface area (Å²) >= 11 is 18.1. The maximum atomic E-state index is 12.0. The highest BCUT2D eigenvalue weighted by molar-refractivity contribution is 6.68. The van der Waals surface area contributed by atoms with Crippen LogP contribution in [0.1, 0.15) is 12.8 Å². The summed E-state index contributed by atoms with van der Waals surface area (Å²) in [5.74, 6) is 0. The molecule has 6 nitrogen and oxygen atoms in total. The normalized spacial score (nSPS) is 25.9. The topological polar surface area (TPSA) is 54.0 Å². The SMILES string of the molecule is CN1CCN([C@@H](NC(=O)OC[C@@H]2CCCO2)C(Cl)(Cl)Cl)CC1. The summed E-state index contributed by atoms with van der Waals surface area (Å²) < 4.78 is 8.95. The lowest BCUT2D eigenvalue weighted by atomic mass is 10.2. The molecule has 0 unspecified atom stereocenters. The van der Waals surface area contributed by atoms with Gasteiger partial charge in [-0.15, -0.1) is 0 Å². The number of alkyl carbamates (subject to hydrolysis) is 1. The van der Waals surface area contributed by atoms with E-state index >= 15 is 0 Å². The molecule has 0 saturated carbocycles. The molecule has 128 valence electrons. The predicted molar refractivity (Wildman–Crippen MR) is 86.6 cm³/mol. The fourth-order valence-corrected chi connectivity index (χ4v) is 3.14. The Morgan fingerprint density at radius 2 is 2.05 bits per heavy atom. The minimum atomic E-state index is -1.63. The van der Waals surface area contributed by atoms with Crippen molar-refractivity contribution in [1.82, 2.24) is 15.1 Å². The zero-order chi connectivity index (χ0) is 16.2. The number of rotatable bonds is 4. The number of hydrogen-bond acceptors (Lipinski definition) is 5. The average molecular weight is 375 g/mol. The van der Waals surface area contributed by atoms with Gasteiger partial charge in [0.1, 0.15) is 12.8 Å². The third-order valence-electron chi connectivity index (χ3n) is 3.89. The quantitative estimate of drug-likeness (QED) is 0.761. The number of nitrogens with zero attached hydrogens (tertiary/aromatic N) is 2. The second kappa shape index (κ2) is 8.22. The first kappa shape index (κ1) is 18.4. The second-order valence-electron chi connectivity index (χ2n) is 5.66. The summed E-state index contributed by atoms with van der Waals surface area (Å²) in [5.41, 5.74) is 0. The van der Waals surface area contributed by atoms with Crippen molar-refractivity contribution in [1.29, 1.82) is 0 Å². The molecule has 0 spiro atoms. The van der Waals surface area contributed by atoms with Crippen molar-refractivity contribution >= 4 is 40.9 Å². The summed E-state index contributed by atoms with van der Waals surface area (Å²) in [6.07, 6.45) is 0.558. The molecule has 2 heterocycles. The highest BCUT2D eigenvalue weighted by Gasteiger charge is 2.39. The molecule has 2 saturated heterocycles. The molecule has 9 heteroatoms. The number of likely N-dealkylation sites (N-methyl/N-ethyl adjacent to an activating group) is 1. The molecule has 2 rings (SSSR count). The molecule has 2 atom stereocenters. The highest BCUT2D eigenvalue weighted by Crippen LogP contribution is 2.32. The molecular weight excluding hydrogens is 353 g/mol. The third-order valence-corrected chi connectivity index (χ3v) is 4.51. The van der Waals surface area contributed by atoms with Crippen LogP contribution >= 0.6 is 34.8 Å². The Labute approximate surface area is 145 Å². The minimum Gasteiger partial charge on any atom is -0.447 e. The van der Waals surface area contributed by atoms with E-state index in [9.17, 15) is 4.79 Å². The molecule has 0 aromatic heterocycles. The molecule has 0 bridgehead atoms. The zero-order valence-electron chi connectivity index (χ0n) is 12.6. The van der Waals surface area contributed by atoms with E-state index in [0.717, 1.165) is 25.9 Å². The molecule has 0 aliphatic carbocycles. The predicted octanol–water partition coefficient (Wildman–Crippen LogP) is 1.84. The van der Waals surface area contributed by atoms with Crippen LogP contribution in [-0.2, 0) is 9.47 Å². The van der Waals surface area contributed by atoms with Gasteiger partial charge in [-0.05, 0) is 19.9 Å². The van der Waals surface area contributed by atoms with E-state index in [1.807, 2.05) is 11.9 Å². The van der Waals surface area contributed by atoms with E-state index in [4.69, 9.17) is 44.3 Å². The highest BCUT2D eigenvalue weighted by atomic mass is 35.6. The number of carbonyl (C=O) groups is 1. The Morgan fingerprint density at radius 3 is 2.59 bits per heavy atom. The van der Waals surface area contributed by atoms with Crippen LogP contribution in [0.4, 0.5) is 4.79 Å². The molecule has 2 aliphatic rings. The van der Waals surface area contributed by atoms with Crippen molar-refractivity contribution in [2.75, 3.05) is 46.4 Å². The first-order valence-electron chi connectivity index (χ1n) is 7.40. The fraction of sp³-hybridized carbons (Fsp3) is 0.923. The molecule has 2 aliphatic heterocycles. The van der Waals surface area contributed by atoms with Crippen LogP contribution in [0.3, 0.4) is 0 Å². The summed E-state index contributed by atoms with van der Waals surface area (Å²) in [4.78, 5) is 16.1. The second-order valence-corrected chi connectivity index (χ2v) is 8.03. The van der Waals surface area contributed by atoms with Gasteiger partial charge in [-0.25, -0.2) is 4.79 Å². The van der Waals surface area contributed by atoms with Gasteiger partial charge in [0, 0.05) is 32.8 Å². The lowest BCUT2D eigenvalue weighted by molar-refractivity contribution is 0.0359. The van der Waals surface area contributed by atoms with E-state index in [-0.39, 0.29) is 12.7 Å². The maximum Gasteiger partial charge on any atom is 0.408 e. The van der Waals surface area contributed by atoms with Crippen LogP contribution in [-0.4, -0.2) is 78.4 Å². The van der Waals surface area contributed by atoms with Crippen LogP contribution in [0.2, 0.25) is 0 Å².